The van der Waals surface area contributed by atoms with Gasteiger partial charge in [0.2, 0.25) is 5.91 Å². The number of methoxy groups -OCH3 is 1. The number of aryl methyl sites for hydroxylation is 1. The van der Waals surface area contributed by atoms with Crippen molar-refractivity contribution >= 4 is 40.6 Å². The van der Waals surface area contributed by atoms with Gasteiger partial charge in [-0.1, -0.05) is 6.07 Å². The first-order chi connectivity index (χ1) is 15.4. The maximum Gasteiger partial charge on any atom is 0.271 e. The number of ether oxygens (including phenoxy) is 1. The van der Waals surface area contributed by atoms with Crippen LogP contribution in [0.1, 0.15) is 15.9 Å². The zero-order valence-electron chi connectivity index (χ0n) is 17.5. The predicted octanol–water partition coefficient (Wildman–Crippen LogP) is 4.89. The van der Waals surface area contributed by atoms with Crippen molar-refractivity contribution < 1.29 is 19.2 Å². The van der Waals surface area contributed by atoms with Crippen molar-refractivity contribution in [2.75, 3.05) is 23.5 Å². The third-order valence-corrected chi connectivity index (χ3v) is 5.55. The molecule has 164 valence electrons. The minimum Gasteiger partial charge on any atom is -0.497 e. The molecule has 0 saturated carbocycles. The molecule has 0 heterocycles. The van der Waals surface area contributed by atoms with Crippen LogP contribution < -0.4 is 15.4 Å². The Bertz CT molecular complexity index is 1130. The second-order valence-electron chi connectivity index (χ2n) is 6.80. The molecular weight excluding hydrogens is 430 g/mol. The Labute approximate surface area is 189 Å². The number of nitrogens with one attached hydrogen (secondary N) is 2. The van der Waals surface area contributed by atoms with Crippen LogP contribution in [0.15, 0.2) is 71.6 Å². The number of thioether (sulfide) groups is 1. The number of non-ortho nitro benzene ring substituents is 1. The van der Waals surface area contributed by atoms with E-state index in [0.29, 0.717) is 22.7 Å². The highest BCUT2D eigenvalue weighted by atomic mass is 32.2. The van der Waals surface area contributed by atoms with Gasteiger partial charge in [-0.3, -0.25) is 19.7 Å². The van der Waals surface area contributed by atoms with Gasteiger partial charge in [-0.2, -0.15) is 0 Å². The highest BCUT2D eigenvalue weighted by Crippen LogP contribution is 2.24. The number of amides is 2. The minimum atomic E-state index is -0.501. The van der Waals surface area contributed by atoms with E-state index in [1.54, 1.807) is 68.6 Å². The number of carbonyl (C=O) groups is 2. The summed E-state index contributed by atoms with van der Waals surface area (Å²) in [5, 5.41) is 16.4. The summed E-state index contributed by atoms with van der Waals surface area (Å²) in [4.78, 5) is 35.9. The summed E-state index contributed by atoms with van der Waals surface area (Å²) >= 11 is 1.32. The molecule has 0 spiro atoms. The second-order valence-corrected chi connectivity index (χ2v) is 7.85. The summed E-state index contributed by atoms with van der Waals surface area (Å²) in [5.74, 6) is 0.308. The van der Waals surface area contributed by atoms with E-state index in [9.17, 15) is 19.7 Å². The predicted molar refractivity (Wildman–Crippen MR) is 125 cm³/mol. The van der Waals surface area contributed by atoms with Crippen molar-refractivity contribution in [1.82, 2.24) is 0 Å². The number of anilines is 2. The van der Waals surface area contributed by atoms with Crippen LogP contribution in [-0.2, 0) is 4.79 Å². The Morgan fingerprint density at radius 3 is 2.31 bits per heavy atom. The number of benzene rings is 3. The van der Waals surface area contributed by atoms with Crippen LogP contribution in [-0.4, -0.2) is 29.6 Å². The van der Waals surface area contributed by atoms with E-state index in [-0.39, 0.29) is 23.3 Å². The highest BCUT2D eigenvalue weighted by Gasteiger charge is 2.12. The Balaban J connectivity index is 1.53. The van der Waals surface area contributed by atoms with E-state index in [0.717, 1.165) is 10.5 Å². The molecule has 0 bridgehead atoms. The van der Waals surface area contributed by atoms with Gasteiger partial charge >= 0.3 is 0 Å². The van der Waals surface area contributed by atoms with Crippen LogP contribution in [0.5, 0.6) is 5.75 Å². The van der Waals surface area contributed by atoms with Crippen molar-refractivity contribution in [3.8, 4) is 5.75 Å². The number of nitro groups is 1. The van der Waals surface area contributed by atoms with Gasteiger partial charge < -0.3 is 15.4 Å². The number of carbonyl (C=O) groups excluding carboxylic acids is 2. The third kappa shape index (κ3) is 6.08. The molecular formula is C23H21N3O5S. The van der Waals surface area contributed by atoms with Crippen LogP contribution in [0.25, 0.3) is 0 Å². The summed E-state index contributed by atoms with van der Waals surface area (Å²) in [7, 11) is 1.56. The first kappa shape index (κ1) is 22.8. The summed E-state index contributed by atoms with van der Waals surface area (Å²) in [6.45, 7) is 1.77. The fourth-order valence-electron chi connectivity index (χ4n) is 2.77. The smallest absolute Gasteiger partial charge is 0.271 e. The summed E-state index contributed by atoms with van der Waals surface area (Å²) < 4.78 is 5.08. The van der Waals surface area contributed by atoms with Crippen LogP contribution in [0.3, 0.4) is 0 Å². The molecule has 2 N–H and O–H groups in total. The van der Waals surface area contributed by atoms with E-state index < -0.39 is 4.92 Å². The maximum absolute atomic E-state index is 12.3. The third-order valence-electron chi connectivity index (χ3n) is 4.54. The zero-order chi connectivity index (χ0) is 23.1. The van der Waals surface area contributed by atoms with Gasteiger partial charge in [-0.05, 0) is 61.0 Å². The van der Waals surface area contributed by atoms with Gasteiger partial charge in [-0.25, -0.2) is 0 Å². The van der Waals surface area contributed by atoms with E-state index in [2.05, 4.69) is 10.6 Å². The van der Waals surface area contributed by atoms with E-state index in [4.69, 9.17) is 4.74 Å². The highest BCUT2D eigenvalue weighted by molar-refractivity contribution is 8.00. The molecule has 3 aromatic carbocycles. The normalized spacial score (nSPS) is 10.3. The lowest BCUT2D eigenvalue weighted by molar-refractivity contribution is -0.384. The minimum absolute atomic E-state index is 0.0779. The molecule has 3 aromatic rings. The number of hydrogen-bond donors (Lipinski definition) is 2. The fourth-order valence-corrected chi connectivity index (χ4v) is 3.47. The lowest BCUT2D eigenvalue weighted by Gasteiger charge is -2.09. The van der Waals surface area contributed by atoms with Gasteiger partial charge in [0.25, 0.3) is 11.6 Å². The molecule has 2 amide bonds. The van der Waals surface area contributed by atoms with Crippen molar-refractivity contribution in [3.05, 3.63) is 88.0 Å². The van der Waals surface area contributed by atoms with Crippen molar-refractivity contribution in [3.63, 3.8) is 0 Å². The molecule has 0 aromatic heterocycles. The SMILES string of the molecule is COc1ccc(C(=O)Nc2ccc(SCC(=O)Nc3cc([N+](=O)[O-])ccc3C)cc2)cc1. The van der Waals surface area contributed by atoms with Gasteiger partial charge in [0, 0.05) is 28.3 Å². The quantitative estimate of drug-likeness (QED) is 0.286. The molecule has 3 rings (SSSR count). The van der Waals surface area contributed by atoms with E-state index >= 15 is 0 Å². The van der Waals surface area contributed by atoms with Crippen LogP contribution in [0, 0.1) is 17.0 Å². The lowest BCUT2D eigenvalue weighted by Crippen LogP contribution is -2.15. The molecule has 0 aliphatic heterocycles. The first-order valence-corrected chi connectivity index (χ1v) is 10.6. The molecule has 0 radical (unpaired) electrons. The van der Waals surface area contributed by atoms with Crippen molar-refractivity contribution in [1.29, 1.82) is 0 Å². The molecule has 0 aliphatic rings. The van der Waals surface area contributed by atoms with E-state index in [1.165, 1.54) is 23.9 Å². The Morgan fingerprint density at radius 1 is 1.00 bits per heavy atom. The molecule has 32 heavy (non-hydrogen) atoms. The topological polar surface area (TPSA) is 111 Å². The van der Waals surface area contributed by atoms with E-state index in [1.807, 2.05) is 0 Å². The lowest BCUT2D eigenvalue weighted by atomic mass is 10.2. The molecule has 9 heteroatoms. The van der Waals surface area contributed by atoms with Crippen molar-refractivity contribution in [2.24, 2.45) is 0 Å². The molecule has 0 fully saturated rings. The second kappa shape index (κ2) is 10.5. The Hall–Kier alpha value is -3.85. The molecule has 0 saturated heterocycles. The van der Waals surface area contributed by atoms with Gasteiger partial charge in [0.05, 0.1) is 23.5 Å². The van der Waals surface area contributed by atoms with Crippen LogP contribution in [0.4, 0.5) is 17.1 Å². The number of hydrogen-bond acceptors (Lipinski definition) is 6. The first-order valence-electron chi connectivity index (χ1n) is 9.59. The monoisotopic (exact) mass is 451 g/mol. The molecule has 0 aliphatic carbocycles. The number of rotatable bonds is 8. The van der Waals surface area contributed by atoms with Gasteiger partial charge in [0.15, 0.2) is 0 Å². The molecule has 0 atom stereocenters. The summed E-state index contributed by atoms with van der Waals surface area (Å²) in [6.07, 6.45) is 0. The summed E-state index contributed by atoms with van der Waals surface area (Å²) in [6, 6.07) is 18.3. The largest absolute Gasteiger partial charge is 0.497 e. The Kier molecular flexibility index (Phi) is 7.45. The Morgan fingerprint density at radius 2 is 1.69 bits per heavy atom. The maximum atomic E-state index is 12.3. The van der Waals surface area contributed by atoms with Gasteiger partial charge in [0.1, 0.15) is 5.75 Å². The number of nitrogens with zero attached hydrogens (tertiary/aromatic N) is 1. The average molecular weight is 452 g/mol. The zero-order valence-corrected chi connectivity index (χ0v) is 18.3. The van der Waals surface area contributed by atoms with Crippen LogP contribution >= 0.6 is 11.8 Å². The molecule has 0 unspecified atom stereocenters. The van der Waals surface area contributed by atoms with Crippen LogP contribution in [0.2, 0.25) is 0 Å². The van der Waals surface area contributed by atoms with Gasteiger partial charge in [-0.15, -0.1) is 11.8 Å². The standard InChI is InChI=1S/C23H21N3O5S/c1-15-3-8-18(26(29)30)13-21(15)25-22(27)14-32-20-11-6-17(7-12-20)24-23(28)16-4-9-19(31-2)10-5-16/h3-13H,14H2,1-2H3,(H,24,28)(H,25,27). The number of nitro benzene ring substituents is 1. The fraction of sp³-hybridized carbons (Fsp3) is 0.130. The average Bonchev–Trinajstić information content (AvgIpc) is 2.80. The summed E-state index contributed by atoms with van der Waals surface area (Å²) in [5.41, 5.74) is 2.22. The molecule has 8 nitrogen and oxygen atoms in total. The van der Waals surface area contributed by atoms with Crippen molar-refractivity contribution in [2.45, 2.75) is 11.8 Å².